The number of carbonyl (C=O) groups excluding carboxylic acids is 1. The van der Waals surface area contributed by atoms with Crippen molar-refractivity contribution in [3.8, 4) is 0 Å². The zero-order valence-corrected chi connectivity index (χ0v) is 13.3. The molecule has 0 saturated heterocycles. The van der Waals surface area contributed by atoms with Gasteiger partial charge in [0.25, 0.3) is 5.69 Å². The number of aromatic nitrogens is 2. The van der Waals surface area contributed by atoms with Crippen LogP contribution in [0.5, 0.6) is 0 Å². The summed E-state index contributed by atoms with van der Waals surface area (Å²) in [5.41, 5.74) is 1.00. The number of nitrogens with zero attached hydrogens (tertiary/aromatic N) is 4. The molecule has 0 aliphatic rings. The van der Waals surface area contributed by atoms with Crippen LogP contribution < -0.4 is 5.32 Å². The highest BCUT2D eigenvalue weighted by atomic mass is 16.6. The quantitative estimate of drug-likeness (QED) is 0.659. The summed E-state index contributed by atoms with van der Waals surface area (Å²) in [5.74, 6) is -0.492. The molecular weight excluding hydrogens is 318 g/mol. The van der Waals surface area contributed by atoms with E-state index in [0.29, 0.717) is 5.56 Å². The first-order valence-electron chi connectivity index (χ1n) is 6.94. The van der Waals surface area contributed by atoms with Crippen molar-refractivity contribution in [2.75, 3.05) is 5.32 Å². The first kappa shape index (κ1) is 17.1. The fourth-order valence-corrected chi connectivity index (χ4v) is 2.33. The van der Waals surface area contributed by atoms with Gasteiger partial charge in [0.1, 0.15) is 17.9 Å². The minimum Gasteiger partial charge on any atom is -0.324 e. The summed E-state index contributed by atoms with van der Waals surface area (Å²) in [7, 11) is 0. The van der Waals surface area contributed by atoms with E-state index in [1.807, 2.05) is 0 Å². The van der Waals surface area contributed by atoms with Crippen molar-refractivity contribution >= 4 is 23.0 Å². The smallest absolute Gasteiger partial charge is 0.312 e. The maximum absolute atomic E-state index is 12.1. The lowest BCUT2D eigenvalue weighted by Gasteiger charge is -2.07. The second kappa shape index (κ2) is 6.44. The molecule has 2 aromatic rings. The molecule has 24 heavy (non-hydrogen) atoms. The second-order valence-corrected chi connectivity index (χ2v) is 5.24. The van der Waals surface area contributed by atoms with Gasteiger partial charge < -0.3 is 5.32 Å². The van der Waals surface area contributed by atoms with Crippen LogP contribution in [0.1, 0.15) is 17.0 Å². The summed E-state index contributed by atoms with van der Waals surface area (Å²) in [5, 5.41) is 28.4. The van der Waals surface area contributed by atoms with Gasteiger partial charge >= 0.3 is 5.69 Å². The van der Waals surface area contributed by atoms with E-state index in [-0.39, 0.29) is 35.0 Å². The molecule has 0 saturated carbocycles. The van der Waals surface area contributed by atoms with E-state index >= 15 is 0 Å². The standard InChI is InChI=1S/C14H15N5O5/c1-8-4-5-11(6-12(8)18(21)22)15-13(20)7-17-10(3)14(19(23)24)9(2)16-17/h4-6H,7H2,1-3H3,(H,15,20). The van der Waals surface area contributed by atoms with Crippen LogP contribution in [-0.2, 0) is 11.3 Å². The molecule has 0 unspecified atom stereocenters. The Hall–Kier alpha value is -3.30. The lowest BCUT2D eigenvalue weighted by molar-refractivity contribution is -0.386. The lowest BCUT2D eigenvalue weighted by atomic mass is 10.2. The largest absolute Gasteiger partial charge is 0.324 e. The van der Waals surface area contributed by atoms with Crippen LogP contribution in [-0.4, -0.2) is 25.5 Å². The summed E-state index contributed by atoms with van der Waals surface area (Å²) >= 11 is 0. The Morgan fingerprint density at radius 2 is 1.88 bits per heavy atom. The summed E-state index contributed by atoms with van der Waals surface area (Å²) in [6.07, 6.45) is 0. The number of amides is 1. The summed E-state index contributed by atoms with van der Waals surface area (Å²) < 4.78 is 1.23. The van der Waals surface area contributed by atoms with Crippen LogP contribution >= 0.6 is 0 Å². The van der Waals surface area contributed by atoms with E-state index in [0.717, 1.165) is 0 Å². The van der Waals surface area contributed by atoms with Gasteiger partial charge in [-0.3, -0.25) is 29.7 Å². The van der Waals surface area contributed by atoms with Gasteiger partial charge in [-0.25, -0.2) is 0 Å². The minimum atomic E-state index is -0.546. The van der Waals surface area contributed by atoms with Gasteiger partial charge in [0, 0.05) is 17.3 Å². The fourth-order valence-electron chi connectivity index (χ4n) is 2.33. The molecule has 1 N–H and O–H groups in total. The van der Waals surface area contributed by atoms with E-state index in [2.05, 4.69) is 10.4 Å². The highest BCUT2D eigenvalue weighted by molar-refractivity contribution is 5.91. The molecule has 1 aromatic heterocycles. The summed E-state index contributed by atoms with van der Waals surface area (Å²) in [6.45, 7) is 4.35. The summed E-state index contributed by atoms with van der Waals surface area (Å²) in [4.78, 5) is 32.9. The van der Waals surface area contributed by atoms with Crippen LogP contribution in [0.25, 0.3) is 0 Å². The molecule has 0 atom stereocenters. The lowest BCUT2D eigenvalue weighted by Crippen LogP contribution is -2.20. The van der Waals surface area contributed by atoms with Gasteiger partial charge in [-0.2, -0.15) is 5.10 Å². The van der Waals surface area contributed by atoms with Crippen molar-refractivity contribution < 1.29 is 14.6 Å². The van der Waals surface area contributed by atoms with Crippen molar-refractivity contribution in [2.45, 2.75) is 27.3 Å². The predicted octanol–water partition coefficient (Wildman–Crippen LogP) is 2.26. The molecule has 1 amide bonds. The number of nitrogens with one attached hydrogen (secondary N) is 1. The molecule has 126 valence electrons. The average Bonchev–Trinajstić information content (AvgIpc) is 2.75. The predicted molar refractivity (Wildman–Crippen MR) is 84.8 cm³/mol. The first-order chi connectivity index (χ1) is 11.2. The molecule has 0 fully saturated rings. The Morgan fingerprint density at radius 1 is 1.21 bits per heavy atom. The SMILES string of the molecule is Cc1ccc(NC(=O)Cn2nc(C)c([N+](=O)[O-])c2C)cc1[N+](=O)[O-]. The first-order valence-corrected chi connectivity index (χ1v) is 6.94. The molecule has 0 aliphatic heterocycles. The zero-order valence-electron chi connectivity index (χ0n) is 13.3. The van der Waals surface area contributed by atoms with E-state index in [1.165, 1.54) is 30.7 Å². The van der Waals surface area contributed by atoms with Gasteiger partial charge in [0.05, 0.1) is 9.85 Å². The molecule has 0 aliphatic carbocycles. The molecule has 2 rings (SSSR count). The Balaban J connectivity index is 2.18. The number of aryl methyl sites for hydroxylation is 2. The summed E-state index contributed by atoms with van der Waals surface area (Å²) in [6, 6.07) is 4.34. The van der Waals surface area contributed by atoms with Crippen LogP contribution in [0.3, 0.4) is 0 Å². The van der Waals surface area contributed by atoms with E-state index < -0.39 is 15.8 Å². The monoisotopic (exact) mass is 333 g/mol. The zero-order chi connectivity index (χ0) is 18.0. The van der Waals surface area contributed by atoms with E-state index in [1.54, 1.807) is 13.0 Å². The van der Waals surface area contributed by atoms with E-state index in [4.69, 9.17) is 0 Å². The van der Waals surface area contributed by atoms with Crippen LogP contribution in [0, 0.1) is 41.0 Å². The normalized spacial score (nSPS) is 10.5. The molecule has 10 heteroatoms. The number of carbonyl (C=O) groups is 1. The van der Waals surface area contributed by atoms with Gasteiger partial charge in [-0.05, 0) is 26.8 Å². The molecule has 0 radical (unpaired) electrons. The minimum absolute atomic E-state index is 0.102. The van der Waals surface area contributed by atoms with Gasteiger partial charge in [0.2, 0.25) is 5.91 Å². The maximum Gasteiger partial charge on any atom is 0.312 e. The molecule has 1 heterocycles. The van der Waals surface area contributed by atoms with Crippen molar-refractivity contribution in [1.29, 1.82) is 0 Å². The second-order valence-electron chi connectivity index (χ2n) is 5.24. The van der Waals surface area contributed by atoms with Crippen molar-refractivity contribution in [2.24, 2.45) is 0 Å². The molecule has 1 aromatic carbocycles. The van der Waals surface area contributed by atoms with Crippen LogP contribution in [0.15, 0.2) is 18.2 Å². The molecule has 10 nitrogen and oxygen atoms in total. The molecule has 0 spiro atoms. The Kier molecular flexibility index (Phi) is 4.58. The van der Waals surface area contributed by atoms with Crippen LogP contribution in [0.2, 0.25) is 0 Å². The number of rotatable bonds is 5. The third-order valence-electron chi connectivity index (χ3n) is 3.51. The third kappa shape index (κ3) is 3.37. The molecular formula is C14H15N5O5. The number of benzene rings is 1. The van der Waals surface area contributed by atoms with Crippen molar-refractivity contribution in [1.82, 2.24) is 9.78 Å². The fraction of sp³-hybridized carbons (Fsp3) is 0.286. The van der Waals surface area contributed by atoms with Crippen molar-refractivity contribution in [3.63, 3.8) is 0 Å². The Morgan fingerprint density at radius 3 is 2.42 bits per heavy atom. The number of nitro groups is 2. The highest BCUT2D eigenvalue weighted by Crippen LogP contribution is 2.23. The third-order valence-corrected chi connectivity index (χ3v) is 3.51. The average molecular weight is 333 g/mol. The Bertz CT molecular complexity index is 842. The van der Waals surface area contributed by atoms with Gasteiger partial charge in [0.15, 0.2) is 0 Å². The topological polar surface area (TPSA) is 133 Å². The van der Waals surface area contributed by atoms with Gasteiger partial charge in [-0.1, -0.05) is 6.07 Å². The van der Waals surface area contributed by atoms with Crippen molar-refractivity contribution in [3.05, 3.63) is 55.4 Å². The molecule has 0 bridgehead atoms. The highest BCUT2D eigenvalue weighted by Gasteiger charge is 2.23. The number of nitro benzene ring substituents is 1. The van der Waals surface area contributed by atoms with Crippen LogP contribution in [0.4, 0.5) is 17.1 Å². The number of anilines is 1. The van der Waals surface area contributed by atoms with Gasteiger partial charge in [-0.15, -0.1) is 0 Å². The number of hydrogen-bond acceptors (Lipinski definition) is 6. The maximum atomic E-state index is 12.1. The Labute approximate surface area is 136 Å². The number of hydrogen-bond donors (Lipinski definition) is 1. The van der Waals surface area contributed by atoms with E-state index in [9.17, 15) is 25.0 Å².